The topological polar surface area (TPSA) is 153 Å². The first-order valence-electron chi connectivity index (χ1n) is 24.2. The molecule has 2 fully saturated rings. The number of allylic oxidation sites excluding steroid dienone is 1. The van der Waals surface area contributed by atoms with Gasteiger partial charge in [-0.15, -0.1) is 6.58 Å². The predicted octanol–water partition coefficient (Wildman–Crippen LogP) is 11.2. The molecule has 1 aliphatic heterocycles. The lowest BCUT2D eigenvalue weighted by molar-refractivity contribution is -0.384. The van der Waals surface area contributed by atoms with Gasteiger partial charge < -0.3 is 34.2 Å². The van der Waals surface area contributed by atoms with Gasteiger partial charge in [-0.2, -0.15) is 0 Å². The standard InChI is InChI=1S/C54H65N3O9/c1-3-31-63-54-50(56(51(60)28-25-37-15-5-6-16-37)36-40-20-13-19-38-17-7-8-23-44(38)40)35-48(55-64-4-2)46-32-39(18-9-11-29-58)45(24-10-12-30-59)52(53(46)54)47-34-43(26-27-49(47)66-54)65-42-22-14-21-41(33-42)57(61)62/h3,7-8,13-14,17,19-23,26-27,32-34,37,39,45,50,52-53,58-59H,1,4-6,9-12,15-16,18,24-25,28-31,35-36H2,2H3. The number of aliphatic hydroxyl groups is 2. The molecule has 1 amide bonds. The molecule has 66 heavy (non-hydrogen) atoms. The van der Waals surface area contributed by atoms with Crippen molar-refractivity contribution in [3.63, 3.8) is 0 Å². The normalized spacial score (nSPS) is 24.0. The zero-order valence-corrected chi connectivity index (χ0v) is 38.2. The third kappa shape index (κ3) is 10.1. The summed E-state index contributed by atoms with van der Waals surface area (Å²) >= 11 is 0. The van der Waals surface area contributed by atoms with E-state index in [-0.39, 0.29) is 49.2 Å². The third-order valence-electron chi connectivity index (χ3n) is 14.4. The van der Waals surface area contributed by atoms with Crippen molar-refractivity contribution < 1.29 is 39.0 Å². The molecule has 4 aromatic carbocycles. The molecule has 3 aliphatic carbocycles. The second kappa shape index (κ2) is 21.8. The highest BCUT2D eigenvalue weighted by molar-refractivity contribution is 6.03. The van der Waals surface area contributed by atoms with Crippen LogP contribution >= 0.6 is 0 Å². The Morgan fingerprint density at radius 1 is 0.955 bits per heavy atom. The van der Waals surface area contributed by atoms with Gasteiger partial charge in [0.05, 0.1) is 29.2 Å². The SMILES string of the molecule is C=CCOC12Oc3ccc(Oc4cccc([N+](=O)[O-])c4)cc3C3C(CCCCO)C(CCCCO)C=C(C(=NOCC)CC1N(Cc1cccc4ccccc14)C(=O)CCC1CCCC1)C32. The van der Waals surface area contributed by atoms with Gasteiger partial charge in [0, 0.05) is 50.1 Å². The Morgan fingerprint density at radius 2 is 1.71 bits per heavy atom. The molecule has 0 bridgehead atoms. The summed E-state index contributed by atoms with van der Waals surface area (Å²) < 4.78 is 21.2. The lowest BCUT2D eigenvalue weighted by atomic mass is 9.55. The number of unbranched alkanes of at least 4 members (excludes halogenated alkanes) is 2. The molecule has 12 heteroatoms. The first kappa shape index (κ1) is 47.0. The fourth-order valence-electron chi connectivity index (χ4n) is 11.4. The highest BCUT2D eigenvalue weighted by Crippen LogP contribution is 2.62. The van der Waals surface area contributed by atoms with Crippen molar-refractivity contribution in [1.29, 1.82) is 0 Å². The van der Waals surface area contributed by atoms with Crippen LogP contribution in [0.15, 0.2) is 114 Å². The highest BCUT2D eigenvalue weighted by atomic mass is 16.7. The van der Waals surface area contributed by atoms with Crippen molar-refractivity contribution in [3.05, 3.63) is 130 Å². The molecule has 2 N–H and O–H groups in total. The number of nitro benzene ring substituents is 1. The Hall–Kier alpha value is -5.56. The van der Waals surface area contributed by atoms with Crippen LogP contribution in [0.25, 0.3) is 10.8 Å². The number of nitrogens with zero attached hydrogens (tertiary/aromatic N) is 3. The summed E-state index contributed by atoms with van der Waals surface area (Å²) in [5.41, 5.74) is 3.56. The number of oxime groups is 1. The van der Waals surface area contributed by atoms with E-state index in [2.05, 4.69) is 43.0 Å². The maximum absolute atomic E-state index is 15.4. The minimum absolute atomic E-state index is 0.0168. The second-order valence-corrected chi connectivity index (χ2v) is 18.4. The maximum Gasteiger partial charge on any atom is 0.273 e. The fourth-order valence-corrected chi connectivity index (χ4v) is 11.4. The summed E-state index contributed by atoms with van der Waals surface area (Å²) in [6.45, 7) is 7.01. The Kier molecular flexibility index (Phi) is 15.5. The molecule has 4 aromatic rings. The number of hydrogen-bond donors (Lipinski definition) is 2. The van der Waals surface area contributed by atoms with Gasteiger partial charge in [0.1, 0.15) is 29.9 Å². The molecule has 0 saturated heterocycles. The quantitative estimate of drug-likeness (QED) is 0.0340. The molecule has 6 unspecified atom stereocenters. The van der Waals surface area contributed by atoms with Gasteiger partial charge in [-0.05, 0) is 103 Å². The molecule has 0 aromatic heterocycles. The average Bonchev–Trinajstić information content (AvgIpc) is 3.86. The number of ether oxygens (including phenoxy) is 3. The van der Waals surface area contributed by atoms with Crippen LogP contribution < -0.4 is 9.47 Å². The van der Waals surface area contributed by atoms with E-state index in [1.165, 1.54) is 25.0 Å². The predicted molar refractivity (Wildman–Crippen MR) is 255 cm³/mol. The summed E-state index contributed by atoms with van der Waals surface area (Å²) in [6, 6.07) is 25.8. The van der Waals surface area contributed by atoms with Crippen molar-refractivity contribution in [1.82, 2.24) is 4.90 Å². The first-order chi connectivity index (χ1) is 32.3. The summed E-state index contributed by atoms with van der Waals surface area (Å²) in [7, 11) is 0. The van der Waals surface area contributed by atoms with Gasteiger partial charge in [0.15, 0.2) is 0 Å². The molecule has 350 valence electrons. The van der Waals surface area contributed by atoms with Gasteiger partial charge in [-0.25, -0.2) is 0 Å². The van der Waals surface area contributed by atoms with Crippen LogP contribution in [0.2, 0.25) is 0 Å². The van der Waals surface area contributed by atoms with Crippen LogP contribution in [-0.4, -0.2) is 69.9 Å². The van der Waals surface area contributed by atoms with Gasteiger partial charge in [0.2, 0.25) is 11.7 Å². The van der Waals surface area contributed by atoms with E-state index in [1.807, 2.05) is 42.2 Å². The zero-order chi connectivity index (χ0) is 46.0. The van der Waals surface area contributed by atoms with E-state index >= 15 is 4.79 Å². The Labute approximate surface area is 388 Å². The Balaban J connectivity index is 1.33. The third-order valence-corrected chi connectivity index (χ3v) is 14.4. The van der Waals surface area contributed by atoms with Crippen LogP contribution in [0.3, 0.4) is 0 Å². The number of hydrogen-bond acceptors (Lipinski definition) is 10. The van der Waals surface area contributed by atoms with Crippen LogP contribution in [0, 0.1) is 33.8 Å². The molecule has 1 heterocycles. The molecular weight excluding hydrogens is 835 g/mol. The van der Waals surface area contributed by atoms with Crippen molar-refractivity contribution in [2.45, 2.75) is 115 Å². The van der Waals surface area contributed by atoms with E-state index in [0.29, 0.717) is 62.0 Å². The van der Waals surface area contributed by atoms with Crippen molar-refractivity contribution in [2.24, 2.45) is 28.8 Å². The number of non-ortho nitro benzene ring substituents is 1. The minimum atomic E-state index is -1.41. The Morgan fingerprint density at radius 3 is 2.48 bits per heavy atom. The van der Waals surface area contributed by atoms with Crippen LogP contribution in [0.1, 0.15) is 107 Å². The molecule has 6 atom stereocenters. The molecule has 0 radical (unpaired) electrons. The number of carbonyl (C=O) groups is 1. The van der Waals surface area contributed by atoms with Gasteiger partial charge in [-0.3, -0.25) is 14.9 Å². The first-order valence-corrected chi connectivity index (χ1v) is 24.2. The van der Waals surface area contributed by atoms with Crippen molar-refractivity contribution in [2.75, 3.05) is 26.4 Å². The molecule has 8 rings (SSSR count). The lowest BCUT2D eigenvalue weighted by Crippen LogP contribution is -2.70. The largest absolute Gasteiger partial charge is 0.459 e. The van der Waals surface area contributed by atoms with Crippen molar-refractivity contribution in [3.8, 4) is 17.2 Å². The van der Waals surface area contributed by atoms with E-state index in [1.54, 1.807) is 18.2 Å². The monoisotopic (exact) mass is 899 g/mol. The van der Waals surface area contributed by atoms with E-state index in [4.69, 9.17) is 24.2 Å². The van der Waals surface area contributed by atoms with E-state index in [9.17, 15) is 20.3 Å². The number of benzene rings is 4. The minimum Gasteiger partial charge on any atom is -0.459 e. The zero-order valence-electron chi connectivity index (χ0n) is 38.2. The van der Waals surface area contributed by atoms with Gasteiger partial charge >= 0.3 is 0 Å². The summed E-state index contributed by atoms with van der Waals surface area (Å²) in [4.78, 5) is 34.7. The van der Waals surface area contributed by atoms with E-state index in [0.717, 1.165) is 78.1 Å². The van der Waals surface area contributed by atoms with Crippen molar-refractivity contribution >= 4 is 28.1 Å². The molecule has 0 spiro atoms. The Bertz CT molecular complexity index is 2390. The summed E-state index contributed by atoms with van der Waals surface area (Å²) in [5.74, 6) is -0.104. The number of aliphatic hydroxyl groups excluding tert-OH is 2. The lowest BCUT2D eigenvalue weighted by Gasteiger charge is -2.60. The molecule has 4 aliphatic rings. The number of rotatable bonds is 22. The van der Waals surface area contributed by atoms with Crippen LogP contribution in [-0.2, 0) is 20.9 Å². The van der Waals surface area contributed by atoms with Crippen LogP contribution in [0.5, 0.6) is 17.2 Å². The number of carbonyl (C=O) groups excluding carboxylic acids is 1. The highest BCUT2D eigenvalue weighted by Gasteiger charge is 2.65. The maximum atomic E-state index is 15.4. The number of fused-ring (bicyclic) bond motifs is 3. The number of nitro groups is 1. The smallest absolute Gasteiger partial charge is 0.273 e. The fraction of sp³-hybridized carbons (Fsp3) is 0.481. The van der Waals surface area contributed by atoms with E-state index < -0.39 is 22.7 Å². The molecular formula is C54H65N3O9. The second-order valence-electron chi connectivity index (χ2n) is 18.4. The summed E-state index contributed by atoms with van der Waals surface area (Å²) in [6.07, 6.45) is 14.8. The average molecular weight is 900 g/mol. The van der Waals surface area contributed by atoms with Crippen LogP contribution in [0.4, 0.5) is 5.69 Å². The molecule has 12 nitrogen and oxygen atoms in total. The molecule has 2 saturated carbocycles. The van der Waals surface area contributed by atoms with Gasteiger partial charge in [0.25, 0.3) is 5.69 Å². The summed E-state index contributed by atoms with van der Waals surface area (Å²) in [5, 5.41) is 38.8. The number of amides is 1. The van der Waals surface area contributed by atoms with Gasteiger partial charge in [-0.1, -0.05) is 104 Å².